The summed E-state index contributed by atoms with van der Waals surface area (Å²) in [5.74, 6) is 1.40. The molecule has 0 radical (unpaired) electrons. The molecular formula is C52H64N3O8PSi. The van der Waals surface area contributed by atoms with Gasteiger partial charge < -0.3 is 0 Å². The molecule has 3 atom stereocenters. The maximum absolute atomic E-state index is 13.5. The first-order valence-electron chi connectivity index (χ1n) is 22.6. The average molecular weight is 918 g/mol. The molecule has 344 valence electrons. The van der Waals surface area contributed by atoms with Crippen LogP contribution in [0.4, 0.5) is 0 Å². The van der Waals surface area contributed by atoms with E-state index >= 15 is 0 Å². The molecule has 1 fully saturated rings. The second-order valence-corrected chi connectivity index (χ2v) is 22.3. The number of ether oxygens (including phenoxy) is 4. The Labute approximate surface area is 385 Å². The van der Waals surface area contributed by atoms with Crippen LogP contribution >= 0.6 is 7.87 Å². The van der Waals surface area contributed by atoms with E-state index < -0.39 is 52.7 Å². The molecule has 0 spiro atoms. The second kappa shape index (κ2) is 21.4. The van der Waals surface area contributed by atoms with Crippen molar-refractivity contribution in [2.24, 2.45) is 0 Å². The van der Waals surface area contributed by atoms with Crippen LogP contribution in [-0.4, -0.2) is 79.9 Å². The Morgan fingerprint density at radius 1 is 0.769 bits per heavy atom. The molecule has 11 nitrogen and oxygen atoms in total. The van der Waals surface area contributed by atoms with E-state index in [1.54, 1.807) is 21.1 Å². The summed E-state index contributed by atoms with van der Waals surface area (Å²) >= 11 is 0. The molecule has 2 heterocycles. The summed E-state index contributed by atoms with van der Waals surface area (Å²) in [6.07, 6.45) is -0.00883. The van der Waals surface area contributed by atoms with Crippen molar-refractivity contribution in [1.29, 1.82) is 0 Å². The Kier molecular flexibility index (Phi) is 15.7. The Bertz CT molecular complexity index is 2450. The molecule has 0 aliphatic carbocycles. The number of nitrogens with zero attached hydrogens (tertiary/aromatic N) is 2. The predicted molar refractivity (Wildman–Crippen MR) is 263 cm³/mol. The van der Waals surface area contributed by atoms with Crippen LogP contribution in [0.3, 0.4) is 0 Å². The monoisotopic (exact) mass is 917 g/mol. The van der Waals surface area contributed by atoms with Gasteiger partial charge in [0.2, 0.25) is 0 Å². The SMILES string of the molecule is COc1ccc(C(OC[C@H]2O[C@@H](n3cc(C)c(=O)[nH]c3=O)C[C@@H]2O[PH](O)(CC[SiH2]C(c2ccccc2)c2ccccc2)N(C(C)C)C(C)C)(c2ccccc2)c2ccc(OC)cc2)cc1. The number of aromatic amines is 1. The van der Waals surface area contributed by atoms with Crippen LogP contribution in [0.15, 0.2) is 155 Å². The quantitative estimate of drug-likeness (QED) is 0.0441. The molecule has 1 saturated heterocycles. The third-order valence-electron chi connectivity index (χ3n) is 12.5. The summed E-state index contributed by atoms with van der Waals surface area (Å²) in [5.41, 5.74) is 3.57. The minimum absolute atomic E-state index is 0.0118. The zero-order chi connectivity index (χ0) is 46.1. The van der Waals surface area contributed by atoms with Crippen molar-refractivity contribution in [3.63, 3.8) is 0 Å². The van der Waals surface area contributed by atoms with Crippen LogP contribution in [0.2, 0.25) is 6.04 Å². The molecule has 6 aromatic rings. The molecule has 0 unspecified atom stereocenters. The number of nitrogens with one attached hydrogen (secondary N) is 1. The van der Waals surface area contributed by atoms with Crippen molar-refractivity contribution >= 4 is 17.4 Å². The Morgan fingerprint density at radius 3 is 1.75 bits per heavy atom. The number of methoxy groups -OCH3 is 2. The number of H-pyrrole nitrogens is 1. The standard InChI is InChI=1S/C52H64N3O8PSi/c1-36(2)55(37(3)4)64(58,31-32-65-49(39-17-11-8-12-18-39)40-19-13-9-14-20-40)63-46-33-48(54-34-38(5)50(56)53-51(54)57)62-47(46)35-61-52(41-21-15-10-16-22-41,42-23-27-44(59-6)28-24-42)43-25-29-45(60-7)30-26-43/h8-30,34,36-37,46-49,58,64H,31-33,35,65H2,1-7H3,(H,53,56,57)/t46-,47+,48+/m0/s1. The molecule has 7 rings (SSSR count). The third kappa shape index (κ3) is 10.8. The van der Waals surface area contributed by atoms with Gasteiger partial charge in [-0.05, 0) is 0 Å². The van der Waals surface area contributed by atoms with Crippen LogP contribution in [-0.2, 0) is 19.6 Å². The number of rotatable bonds is 20. The van der Waals surface area contributed by atoms with E-state index in [0.717, 1.165) is 22.7 Å². The second-order valence-electron chi connectivity index (χ2n) is 17.4. The number of hydrogen-bond donors (Lipinski definition) is 2. The fraction of sp³-hybridized carbons (Fsp3) is 0.346. The first-order valence-corrected chi connectivity index (χ1v) is 26.4. The molecule has 5 aromatic carbocycles. The molecule has 1 aromatic heterocycles. The molecule has 1 aliphatic heterocycles. The van der Waals surface area contributed by atoms with Crippen molar-refractivity contribution in [2.75, 3.05) is 27.0 Å². The van der Waals surface area contributed by atoms with Crippen molar-refractivity contribution < 1.29 is 28.4 Å². The fourth-order valence-electron chi connectivity index (χ4n) is 9.55. The van der Waals surface area contributed by atoms with Crippen molar-refractivity contribution in [3.05, 3.63) is 200 Å². The summed E-state index contributed by atoms with van der Waals surface area (Å²) in [6, 6.07) is 47.8. The summed E-state index contributed by atoms with van der Waals surface area (Å²) in [6.45, 7) is 10.1. The Morgan fingerprint density at radius 2 is 1.26 bits per heavy atom. The zero-order valence-corrected chi connectivity index (χ0v) is 41.0. The summed E-state index contributed by atoms with van der Waals surface area (Å²) in [5, 5.41) is 0. The van der Waals surface area contributed by atoms with Gasteiger partial charge in [-0.15, -0.1) is 0 Å². The van der Waals surface area contributed by atoms with Crippen molar-refractivity contribution in [2.45, 2.75) is 88.7 Å². The Balaban J connectivity index is 1.29. The molecule has 0 bridgehead atoms. The van der Waals surface area contributed by atoms with Gasteiger partial charge in [0.15, 0.2) is 0 Å². The zero-order valence-electron chi connectivity index (χ0n) is 38.6. The van der Waals surface area contributed by atoms with Gasteiger partial charge in [-0.2, -0.15) is 0 Å². The van der Waals surface area contributed by atoms with Gasteiger partial charge in [-0.25, -0.2) is 0 Å². The number of aromatic nitrogens is 2. The summed E-state index contributed by atoms with van der Waals surface area (Å²) in [7, 11) is -1.35. The molecular weight excluding hydrogens is 854 g/mol. The van der Waals surface area contributed by atoms with Gasteiger partial charge in [0.1, 0.15) is 0 Å². The van der Waals surface area contributed by atoms with Gasteiger partial charge in [0.25, 0.3) is 0 Å². The Hall–Kier alpha value is -5.17. The maximum atomic E-state index is 13.5. The predicted octanol–water partition coefficient (Wildman–Crippen LogP) is 8.53. The molecule has 0 saturated carbocycles. The van der Waals surface area contributed by atoms with Crippen LogP contribution < -0.4 is 20.7 Å². The van der Waals surface area contributed by atoms with Crippen LogP contribution in [0.25, 0.3) is 0 Å². The van der Waals surface area contributed by atoms with Gasteiger partial charge >= 0.3 is 387 Å². The van der Waals surface area contributed by atoms with E-state index in [1.807, 2.05) is 91.0 Å². The van der Waals surface area contributed by atoms with Crippen LogP contribution in [0.1, 0.15) is 79.3 Å². The van der Waals surface area contributed by atoms with Gasteiger partial charge in [-0.3, -0.25) is 0 Å². The molecule has 0 amide bonds. The normalized spacial score (nSPS) is 17.2. The first kappa shape index (κ1) is 47.8. The van der Waals surface area contributed by atoms with Gasteiger partial charge in [0.05, 0.1) is 0 Å². The van der Waals surface area contributed by atoms with E-state index in [1.165, 1.54) is 21.9 Å². The van der Waals surface area contributed by atoms with E-state index in [4.69, 9.17) is 23.5 Å². The third-order valence-corrected chi connectivity index (χ3v) is 19.0. The van der Waals surface area contributed by atoms with E-state index in [2.05, 4.69) is 85.9 Å². The fourth-order valence-corrected chi connectivity index (χ4v) is 16.7. The first-order chi connectivity index (χ1) is 31.4. The van der Waals surface area contributed by atoms with Gasteiger partial charge in [-0.1, -0.05) is 0 Å². The minimum atomic E-state index is -3.77. The van der Waals surface area contributed by atoms with Gasteiger partial charge in [0, 0.05) is 0 Å². The molecule has 1 aliphatic rings. The van der Waals surface area contributed by atoms with E-state index in [0.29, 0.717) is 23.2 Å². The topological polar surface area (TPSA) is 124 Å². The average Bonchev–Trinajstić information content (AvgIpc) is 3.71. The van der Waals surface area contributed by atoms with Crippen molar-refractivity contribution in [3.8, 4) is 11.5 Å². The van der Waals surface area contributed by atoms with E-state index in [9.17, 15) is 14.5 Å². The van der Waals surface area contributed by atoms with Crippen LogP contribution in [0.5, 0.6) is 11.5 Å². The molecule has 65 heavy (non-hydrogen) atoms. The summed E-state index contributed by atoms with van der Waals surface area (Å²) in [4.78, 5) is 41.8. The van der Waals surface area contributed by atoms with Crippen molar-refractivity contribution in [1.82, 2.24) is 14.2 Å². The number of hydrogen-bond acceptors (Lipinski definition) is 9. The number of aryl methyl sites for hydroxylation is 1. The van der Waals surface area contributed by atoms with Crippen LogP contribution in [0, 0.1) is 6.92 Å². The number of benzene rings is 5. The van der Waals surface area contributed by atoms with E-state index in [-0.39, 0.29) is 30.7 Å². The molecule has 13 heteroatoms. The molecule has 2 N–H and O–H groups in total. The summed E-state index contributed by atoms with van der Waals surface area (Å²) < 4.78 is 36.3.